The van der Waals surface area contributed by atoms with Crippen LogP contribution in [0.5, 0.6) is 0 Å². The molecule has 39 heavy (non-hydrogen) atoms. The number of hydrogen-bond donors (Lipinski definition) is 3. The number of rotatable bonds is 9. The van der Waals surface area contributed by atoms with Crippen molar-refractivity contribution in [3.05, 3.63) is 48.0 Å². The maximum absolute atomic E-state index is 15.1. The van der Waals surface area contributed by atoms with Crippen molar-refractivity contribution >= 4 is 41.3 Å². The predicted molar refractivity (Wildman–Crippen MR) is 131 cm³/mol. The molecule has 0 saturated carbocycles. The van der Waals surface area contributed by atoms with Gasteiger partial charge in [-0.2, -0.15) is 0 Å². The first kappa shape index (κ1) is 27.3. The van der Waals surface area contributed by atoms with E-state index >= 15 is 8.78 Å². The van der Waals surface area contributed by atoms with Gasteiger partial charge in [0.2, 0.25) is 11.8 Å². The third-order valence-electron chi connectivity index (χ3n) is 5.98. The molecule has 2 atom stereocenters. The second-order valence-corrected chi connectivity index (χ2v) is 8.87. The molecule has 2 aromatic rings. The molecule has 2 heterocycles. The molecule has 2 aliphatic rings. The quantitative estimate of drug-likeness (QED) is 0.404. The number of carboxylic acid groups (broad SMARTS) is 1. The lowest BCUT2D eigenvalue weighted by Gasteiger charge is -2.16. The number of carboxylic acids is 1. The zero-order valence-corrected chi connectivity index (χ0v) is 20.6. The van der Waals surface area contributed by atoms with Crippen LogP contribution in [0.25, 0.3) is 11.1 Å². The number of nitrogens with one attached hydrogen (secondary N) is 2. The Morgan fingerprint density at radius 3 is 1.74 bits per heavy atom. The van der Waals surface area contributed by atoms with Gasteiger partial charge in [-0.05, 0) is 36.4 Å². The first-order valence-corrected chi connectivity index (χ1v) is 11.8. The number of benzene rings is 2. The Balaban J connectivity index is 1.43. The van der Waals surface area contributed by atoms with Gasteiger partial charge in [-0.3, -0.25) is 24.2 Å². The highest BCUT2D eigenvalue weighted by molar-refractivity contribution is 5.94. The molecule has 2 aromatic carbocycles. The number of carbonyl (C=O) groups excluding carboxylic acids is 4. The lowest BCUT2D eigenvalue weighted by Crippen LogP contribution is -2.35. The van der Waals surface area contributed by atoms with Crippen LogP contribution < -0.4 is 20.4 Å². The van der Waals surface area contributed by atoms with Crippen molar-refractivity contribution in [1.29, 1.82) is 0 Å². The first-order chi connectivity index (χ1) is 18.5. The minimum atomic E-state index is -1.30. The van der Waals surface area contributed by atoms with Crippen LogP contribution in [0.1, 0.15) is 13.3 Å². The highest BCUT2D eigenvalue weighted by Crippen LogP contribution is 2.33. The van der Waals surface area contributed by atoms with Gasteiger partial charge in [0.1, 0.15) is 30.3 Å². The molecule has 3 N–H and O–H groups in total. The van der Waals surface area contributed by atoms with E-state index in [0.29, 0.717) is 0 Å². The number of halogens is 2. The number of cyclic esters (lactones) is 2. The smallest absolute Gasteiger partial charge is 0.414 e. The molecule has 0 unspecified atom stereocenters. The minimum absolute atomic E-state index is 0.0249. The Kier molecular flexibility index (Phi) is 7.93. The molecule has 2 saturated heterocycles. The van der Waals surface area contributed by atoms with Gasteiger partial charge in [0, 0.05) is 18.1 Å². The average Bonchev–Trinajstić information content (AvgIpc) is 3.43. The minimum Gasteiger partial charge on any atom is -0.481 e. The standard InChI is InChI=1S/C25H24F2N4O8/c1-13(32)28-9-16-11-30(24(36)38-16)14-2-4-18(20(26)6-14)19-5-3-15(7-21(19)27)31-12-17(39-25(31)37)10-29-22(33)8-23(34)35/h2-7,16-17H,8-12H2,1H3,(H,28,32)(H,29,33)(H,34,35)/t16-,17+/m1/s1. The molecule has 0 bridgehead atoms. The van der Waals surface area contributed by atoms with Gasteiger partial charge in [0.15, 0.2) is 0 Å². The lowest BCUT2D eigenvalue weighted by atomic mass is 10.0. The average molecular weight is 546 g/mol. The number of nitrogens with zero attached hydrogens (tertiary/aromatic N) is 2. The van der Waals surface area contributed by atoms with Crippen molar-refractivity contribution in [3.8, 4) is 11.1 Å². The number of hydrogen-bond acceptors (Lipinski definition) is 7. The second-order valence-electron chi connectivity index (χ2n) is 8.87. The van der Waals surface area contributed by atoms with Gasteiger partial charge in [-0.25, -0.2) is 18.4 Å². The van der Waals surface area contributed by atoms with Crippen LogP contribution in [0.4, 0.5) is 29.7 Å². The van der Waals surface area contributed by atoms with Crippen LogP contribution in [0, 0.1) is 11.6 Å². The number of amides is 4. The number of aliphatic carboxylic acids is 1. The third kappa shape index (κ3) is 6.40. The SMILES string of the molecule is CC(=O)NC[C@@H]1CN(c2ccc(-c3ccc(N4C[C@H](CNC(=O)CC(=O)O)OC4=O)cc3F)c(F)c2)C(=O)O1. The zero-order valence-electron chi connectivity index (χ0n) is 20.6. The Morgan fingerprint density at radius 1 is 0.872 bits per heavy atom. The van der Waals surface area contributed by atoms with E-state index in [0.717, 1.165) is 17.0 Å². The fourth-order valence-electron chi connectivity index (χ4n) is 4.14. The van der Waals surface area contributed by atoms with Crippen LogP contribution >= 0.6 is 0 Å². The van der Waals surface area contributed by atoms with Crippen LogP contribution in [-0.4, -0.2) is 73.5 Å². The normalized spacial score (nSPS) is 18.5. The highest BCUT2D eigenvalue weighted by atomic mass is 19.1. The van der Waals surface area contributed by atoms with E-state index in [4.69, 9.17) is 14.6 Å². The Labute approximate surface area is 220 Å². The van der Waals surface area contributed by atoms with E-state index in [9.17, 15) is 24.0 Å². The maximum Gasteiger partial charge on any atom is 0.414 e. The van der Waals surface area contributed by atoms with Crippen LogP contribution in [0.15, 0.2) is 36.4 Å². The van der Waals surface area contributed by atoms with Crippen molar-refractivity contribution in [2.24, 2.45) is 0 Å². The molecule has 14 heteroatoms. The zero-order chi connectivity index (χ0) is 28.3. The molecule has 0 spiro atoms. The highest BCUT2D eigenvalue weighted by Gasteiger charge is 2.34. The van der Waals surface area contributed by atoms with Crippen LogP contribution in [0.3, 0.4) is 0 Å². The largest absolute Gasteiger partial charge is 0.481 e. The van der Waals surface area contributed by atoms with E-state index < -0.39 is 54.3 Å². The van der Waals surface area contributed by atoms with Crippen molar-refractivity contribution in [2.75, 3.05) is 36.0 Å². The summed E-state index contributed by atoms with van der Waals surface area (Å²) >= 11 is 0. The summed E-state index contributed by atoms with van der Waals surface area (Å²) in [4.78, 5) is 60.0. The topological polar surface area (TPSA) is 155 Å². The fourth-order valence-corrected chi connectivity index (χ4v) is 4.14. The molecule has 0 aliphatic carbocycles. The van der Waals surface area contributed by atoms with Gasteiger partial charge in [0.25, 0.3) is 0 Å². The van der Waals surface area contributed by atoms with Crippen LogP contribution in [-0.2, 0) is 23.9 Å². The first-order valence-electron chi connectivity index (χ1n) is 11.8. The van der Waals surface area contributed by atoms with Crippen molar-refractivity contribution in [1.82, 2.24) is 10.6 Å². The van der Waals surface area contributed by atoms with Crippen molar-refractivity contribution in [3.63, 3.8) is 0 Å². The summed E-state index contributed by atoms with van der Waals surface area (Å²) < 4.78 is 40.4. The predicted octanol–water partition coefficient (Wildman–Crippen LogP) is 2.01. The number of ether oxygens (including phenoxy) is 2. The molecular weight excluding hydrogens is 522 g/mol. The molecule has 12 nitrogen and oxygen atoms in total. The second kappa shape index (κ2) is 11.3. The van der Waals surface area contributed by atoms with Gasteiger partial charge in [-0.15, -0.1) is 0 Å². The molecular formula is C25H24F2N4O8. The molecule has 0 aromatic heterocycles. The van der Waals surface area contributed by atoms with E-state index in [1.165, 1.54) is 36.1 Å². The number of anilines is 2. The van der Waals surface area contributed by atoms with E-state index in [1.54, 1.807) is 0 Å². The molecule has 4 amide bonds. The molecule has 0 radical (unpaired) electrons. The number of carbonyl (C=O) groups is 5. The third-order valence-corrected chi connectivity index (χ3v) is 5.98. The fraction of sp³-hybridized carbons (Fsp3) is 0.320. The summed E-state index contributed by atoms with van der Waals surface area (Å²) in [6.07, 6.45) is -3.60. The Bertz CT molecular complexity index is 1340. The van der Waals surface area contributed by atoms with E-state index in [2.05, 4.69) is 10.6 Å². The van der Waals surface area contributed by atoms with Gasteiger partial charge in [0.05, 0.1) is 37.6 Å². The summed E-state index contributed by atoms with van der Waals surface area (Å²) in [5.41, 5.74) is 0.182. The summed E-state index contributed by atoms with van der Waals surface area (Å²) in [7, 11) is 0. The van der Waals surface area contributed by atoms with Gasteiger partial charge >= 0.3 is 18.2 Å². The Hall–Kier alpha value is -4.75. The van der Waals surface area contributed by atoms with Crippen LogP contribution in [0.2, 0.25) is 0 Å². The summed E-state index contributed by atoms with van der Waals surface area (Å²) in [6, 6.07) is 7.58. The molecule has 206 valence electrons. The lowest BCUT2D eigenvalue weighted by molar-refractivity contribution is -0.140. The van der Waals surface area contributed by atoms with Gasteiger partial charge in [-0.1, -0.05) is 0 Å². The monoisotopic (exact) mass is 546 g/mol. The van der Waals surface area contributed by atoms with Crippen molar-refractivity contribution < 1.29 is 47.3 Å². The van der Waals surface area contributed by atoms with E-state index in [1.807, 2.05) is 0 Å². The summed E-state index contributed by atoms with van der Waals surface area (Å²) in [5, 5.41) is 13.5. The molecule has 2 aliphatic heterocycles. The summed E-state index contributed by atoms with van der Waals surface area (Å²) in [6.45, 7) is 1.39. The summed E-state index contributed by atoms with van der Waals surface area (Å²) in [5.74, 6) is -3.94. The maximum atomic E-state index is 15.1. The van der Waals surface area contributed by atoms with E-state index in [-0.39, 0.29) is 54.6 Å². The Morgan fingerprint density at radius 2 is 1.33 bits per heavy atom. The molecule has 2 fully saturated rings. The van der Waals surface area contributed by atoms with Crippen molar-refractivity contribution in [2.45, 2.75) is 25.6 Å². The van der Waals surface area contributed by atoms with Gasteiger partial charge < -0.3 is 25.2 Å². The molecule has 4 rings (SSSR count).